The molecule has 1 aromatic rings. The predicted molar refractivity (Wildman–Crippen MR) is 110 cm³/mol. The Kier molecular flexibility index (Phi) is 8.05. The van der Waals surface area contributed by atoms with Gasteiger partial charge in [-0.1, -0.05) is 12.1 Å². The standard InChI is InChI=1S/C21H31N3O6/c1-5-28-17(25)11-7-10-16-14-8-6-9-15(19(22)23-27)18(14)29-13-12-24(16)20(26)30-21(2,3)4/h6,8-9,16,27H,5,7,10-13H2,1-4H3,(H2,22,23). The zero-order chi connectivity index (χ0) is 22.3. The van der Waals surface area contributed by atoms with Gasteiger partial charge >= 0.3 is 12.1 Å². The lowest BCUT2D eigenvalue weighted by Crippen LogP contribution is -2.40. The Morgan fingerprint density at radius 3 is 2.73 bits per heavy atom. The van der Waals surface area contributed by atoms with Gasteiger partial charge in [0.05, 0.1) is 24.8 Å². The van der Waals surface area contributed by atoms with Gasteiger partial charge in [-0.3, -0.25) is 25.8 Å². The summed E-state index contributed by atoms with van der Waals surface area (Å²) in [6.07, 6.45) is 0.747. The first kappa shape index (κ1) is 23.5. The minimum Gasteiger partial charge on any atom is -0.491 e. The second kappa shape index (κ2) is 10.3. The largest absolute Gasteiger partial charge is 0.491 e. The number of hydrogen-bond donors (Lipinski definition) is 3. The van der Waals surface area contributed by atoms with Gasteiger partial charge < -0.3 is 14.2 Å². The fourth-order valence-corrected chi connectivity index (χ4v) is 3.33. The summed E-state index contributed by atoms with van der Waals surface area (Å²) in [7, 11) is 0. The summed E-state index contributed by atoms with van der Waals surface area (Å²) in [4.78, 5) is 26.3. The first-order valence-electron chi connectivity index (χ1n) is 10.1. The molecule has 0 spiro atoms. The number of amidine groups is 1. The van der Waals surface area contributed by atoms with Gasteiger partial charge in [0, 0.05) is 12.0 Å². The fraction of sp³-hybridized carbons (Fsp3) is 0.571. The molecular formula is C21H31N3O6. The summed E-state index contributed by atoms with van der Waals surface area (Å²) in [5.41, 5.74) is 2.26. The number of carbonyl (C=O) groups excluding carboxylic acids is 2. The Bertz CT molecular complexity index is 774. The van der Waals surface area contributed by atoms with Crippen LogP contribution in [0.2, 0.25) is 0 Å². The highest BCUT2D eigenvalue weighted by Crippen LogP contribution is 2.38. The van der Waals surface area contributed by atoms with E-state index in [1.54, 1.807) is 44.7 Å². The Labute approximate surface area is 176 Å². The van der Waals surface area contributed by atoms with Crippen LogP contribution in [0.3, 0.4) is 0 Å². The Morgan fingerprint density at radius 1 is 1.37 bits per heavy atom. The molecule has 0 aromatic heterocycles. The highest BCUT2D eigenvalue weighted by Gasteiger charge is 2.34. The number of para-hydroxylation sites is 1. The van der Waals surface area contributed by atoms with Gasteiger partial charge in [-0.05, 0) is 46.6 Å². The molecular weight excluding hydrogens is 390 g/mol. The van der Waals surface area contributed by atoms with Gasteiger partial charge in [-0.15, -0.1) is 0 Å². The van der Waals surface area contributed by atoms with Gasteiger partial charge in [0.15, 0.2) is 5.84 Å². The average Bonchev–Trinajstić information content (AvgIpc) is 2.86. The second-order valence-corrected chi connectivity index (χ2v) is 7.95. The Morgan fingerprint density at radius 2 is 2.10 bits per heavy atom. The molecule has 0 radical (unpaired) electrons. The summed E-state index contributed by atoms with van der Waals surface area (Å²) < 4.78 is 16.5. The van der Waals surface area contributed by atoms with E-state index in [9.17, 15) is 14.8 Å². The molecule has 2 rings (SSSR count). The Hall–Kier alpha value is -2.81. The minimum absolute atomic E-state index is 0.205. The van der Waals surface area contributed by atoms with Crippen molar-refractivity contribution in [2.24, 2.45) is 0 Å². The van der Waals surface area contributed by atoms with Crippen LogP contribution < -0.4 is 10.2 Å². The number of fused-ring (bicyclic) bond motifs is 1. The maximum absolute atomic E-state index is 12.9. The first-order chi connectivity index (χ1) is 14.2. The predicted octanol–water partition coefficient (Wildman–Crippen LogP) is 3.39. The van der Waals surface area contributed by atoms with Crippen LogP contribution in [0.5, 0.6) is 5.75 Å². The molecule has 0 aliphatic carbocycles. The van der Waals surface area contributed by atoms with Crippen molar-refractivity contribution in [3.63, 3.8) is 0 Å². The Balaban J connectivity index is 2.37. The molecule has 0 bridgehead atoms. The number of hydrogen-bond acceptors (Lipinski definition) is 7. The molecule has 1 aliphatic heterocycles. The zero-order valence-corrected chi connectivity index (χ0v) is 18.0. The number of rotatable bonds is 6. The number of ether oxygens (including phenoxy) is 3. The molecule has 30 heavy (non-hydrogen) atoms. The molecule has 1 atom stereocenters. The number of nitrogens with zero attached hydrogens (tertiary/aromatic N) is 1. The summed E-state index contributed by atoms with van der Waals surface area (Å²) in [6, 6.07) is 4.79. The van der Waals surface area contributed by atoms with Crippen LogP contribution >= 0.6 is 0 Å². The van der Waals surface area contributed by atoms with Crippen LogP contribution in [0.4, 0.5) is 4.79 Å². The van der Waals surface area contributed by atoms with E-state index in [1.807, 2.05) is 11.5 Å². The smallest absolute Gasteiger partial charge is 0.410 e. The van der Waals surface area contributed by atoms with E-state index in [4.69, 9.17) is 19.6 Å². The van der Waals surface area contributed by atoms with E-state index in [0.29, 0.717) is 36.3 Å². The lowest BCUT2D eigenvalue weighted by atomic mass is 9.96. The molecule has 9 heteroatoms. The topological polar surface area (TPSA) is 121 Å². The van der Waals surface area contributed by atoms with E-state index in [-0.39, 0.29) is 31.4 Å². The quantitative estimate of drug-likeness (QED) is 0.279. The molecule has 0 saturated carbocycles. The summed E-state index contributed by atoms with van der Waals surface area (Å²) in [6.45, 7) is 7.97. The van der Waals surface area contributed by atoms with Gasteiger partial charge in [0.2, 0.25) is 0 Å². The van der Waals surface area contributed by atoms with E-state index in [1.165, 1.54) is 0 Å². The zero-order valence-electron chi connectivity index (χ0n) is 18.0. The molecule has 0 fully saturated rings. The first-order valence-corrected chi connectivity index (χ1v) is 10.1. The van der Waals surface area contributed by atoms with E-state index in [0.717, 1.165) is 0 Å². The fourth-order valence-electron chi connectivity index (χ4n) is 3.33. The maximum atomic E-state index is 12.9. The van der Waals surface area contributed by atoms with E-state index >= 15 is 0 Å². The molecule has 1 aromatic carbocycles. The highest BCUT2D eigenvalue weighted by molar-refractivity contribution is 5.98. The average molecular weight is 421 g/mol. The third-order valence-corrected chi connectivity index (χ3v) is 4.53. The van der Waals surface area contributed by atoms with E-state index in [2.05, 4.69) is 0 Å². The van der Waals surface area contributed by atoms with Crippen LogP contribution in [0.25, 0.3) is 0 Å². The van der Waals surface area contributed by atoms with Crippen LogP contribution in [0.1, 0.15) is 64.1 Å². The van der Waals surface area contributed by atoms with Crippen molar-refractivity contribution in [2.75, 3.05) is 19.8 Å². The molecule has 1 amide bonds. The lowest BCUT2D eigenvalue weighted by molar-refractivity contribution is -0.143. The summed E-state index contributed by atoms with van der Waals surface area (Å²) in [5, 5.41) is 17.1. The van der Waals surface area contributed by atoms with E-state index < -0.39 is 17.7 Å². The summed E-state index contributed by atoms with van der Waals surface area (Å²) in [5.74, 6) is -0.0643. The van der Waals surface area contributed by atoms with Crippen molar-refractivity contribution < 1.29 is 29.0 Å². The number of esters is 1. The van der Waals surface area contributed by atoms with Crippen molar-refractivity contribution in [1.29, 1.82) is 5.41 Å². The molecule has 0 saturated heterocycles. The van der Waals surface area contributed by atoms with Gasteiger partial charge in [-0.2, -0.15) is 0 Å². The number of hydroxylamine groups is 1. The third-order valence-electron chi connectivity index (χ3n) is 4.53. The summed E-state index contributed by atoms with van der Waals surface area (Å²) >= 11 is 0. The van der Waals surface area contributed by atoms with Crippen LogP contribution in [-0.2, 0) is 14.3 Å². The maximum Gasteiger partial charge on any atom is 0.410 e. The number of benzene rings is 1. The van der Waals surface area contributed by atoms with Crippen LogP contribution in [0, 0.1) is 5.41 Å². The molecule has 9 nitrogen and oxygen atoms in total. The monoisotopic (exact) mass is 421 g/mol. The van der Waals surface area contributed by atoms with Crippen molar-refractivity contribution >= 4 is 17.9 Å². The number of carbonyl (C=O) groups is 2. The molecule has 1 aliphatic rings. The van der Waals surface area contributed by atoms with Gasteiger partial charge in [0.1, 0.15) is 18.0 Å². The van der Waals surface area contributed by atoms with Gasteiger partial charge in [0.25, 0.3) is 0 Å². The molecule has 1 unspecified atom stereocenters. The second-order valence-electron chi connectivity index (χ2n) is 7.95. The molecule has 3 N–H and O–H groups in total. The van der Waals surface area contributed by atoms with Crippen molar-refractivity contribution in [1.82, 2.24) is 10.4 Å². The van der Waals surface area contributed by atoms with Crippen molar-refractivity contribution in [2.45, 2.75) is 58.6 Å². The van der Waals surface area contributed by atoms with Crippen LogP contribution in [-0.4, -0.2) is 53.4 Å². The minimum atomic E-state index is -0.659. The third kappa shape index (κ3) is 6.09. The number of nitrogens with one attached hydrogen (secondary N) is 2. The lowest BCUT2D eigenvalue weighted by Gasteiger charge is -2.32. The van der Waals surface area contributed by atoms with Crippen molar-refractivity contribution in [3.05, 3.63) is 29.3 Å². The van der Waals surface area contributed by atoms with Gasteiger partial charge in [-0.25, -0.2) is 4.79 Å². The number of amides is 1. The normalized spacial score (nSPS) is 16.0. The van der Waals surface area contributed by atoms with Crippen molar-refractivity contribution in [3.8, 4) is 5.75 Å². The molecule has 1 heterocycles. The van der Waals surface area contributed by atoms with Crippen LogP contribution in [0.15, 0.2) is 18.2 Å². The molecule has 166 valence electrons. The highest BCUT2D eigenvalue weighted by atomic mass is 16.6. The SMILES string of the molecule is CCOC(=O)CCCC1c2cccc(C(=N)NO)c2OCCN1C(=O)OC(C)(C)C.